The number of benzene rings is 1. The average molecular weight is 343 g/mol. The lowest BCUT2D eigenvalue weighted by Crippen LogP contribution is -2.39. The van der Waals surface area contributed by atoms with Gasteiger partial charge in [-0.1, -0.05) is 6.92 Å². The molecule has 1 atom stereocenters. The fraction of sp³-hybridized carbons (Fsp3) is 0.500. The first kappa shape index (κ1) is 15.9. The molecular formula is C18H21N3O4. The number of rotatable bonds is 4. The molecule has 0 saturated carbocycles. The molecule has 7 nitrogen and oxygen atoms in total. The number of fused-ring (bicyclic) bond motifs is 1. The third-order valence-electron chi connectivity index (χ3n) is 4.65. The Hall–Kier alpha value is -2.57. The maximum atomic E-state index is 12.1. The standard InChI is InChI=1S/C18H21N3O4/c1-2-4-16(22)21-8-3-5-13(10-21)18-20-19-17(25-18)12-6-7-14-15(9-12)24-11-23-14/h6-7,9,13H,2-5,8,10-11H2,1H3. The molecule has 7 heteroatoms. The van der Waals surface area contributed by atoms with Crippen molar-refractivity contribution in [1.82, 2.24) is 15.1 Å². The van der Waals surface area contributed by atoms with E-state index in [1.165, 1.54) is 0 Å². The third kappa shape index (κ3) is 3.18. The Bertz CT molecular complexity index is 773. The van der Waals surface area contributed by atoms with Crippen LogP contribution in [0.25, 0.3) is 11.5 Å². The van der Waals surface area contributed by atoms with Crippen molar-refractivity contribution in [3.05, 3.63) is 24.1 Å². The number of likely N-dealkylation sites (tertiary alicyclic amines) is 1. The number of piperidine rings is 1. The summed E-state index contributed by atoms with van der Waals surface area (Å²) in [5.74, 6) is 2.78. The Morgan fingerprint density at radius 1 is 1.28 bits per heavy atom. The Balaban J connectivity index is 1.50. The second-order valence-electron chi connectivity index (χ2n) is 6.44. The molecule has 0 aliphatic carbocycles. The van der Waals surface area contributed by atoms with Crippen molar-refractivity contribution in [2.45, 2.75) is 38.5 Å². The van der Waals surface area contributed by atoms with Crippen LogP contribution in [0.1, 0.15) is 44.4 Å². The molecule has 1 fully saturated rings. The van der Waals surface area contributed by atoms with Crippen LogP contribution in [0.15, 0.2) is 22.6 Å². The number of carbonyl (C=O) groups is 1. The molecule has 4 rings (SSSR count). The second kappa shape index (κ2) is 6.74. The molecule has 3 heterocycles. The van der Waals surface area contributed by atoms with E-state index in [1.54, 1.807) is 0 Å². The molecular weight excluding hydrogens is 322 g/mol. The molecule has 2 aromatic rings. The molecule has 0 bridgehead atoms. The van der Waals surface area contributed by atoms with Gasteiger partial charge in [0.1, 0.15) is 0 Å². The fourth-order valence-corrected chi connectivity index (χ4v) is 3.32. The minimum absolute atomic E-state index is 0.102. The summed E-state index contributed by atoms with van der Waals surface area (Å²) in [6.45, 7) is 3.73. The van der Waals surface area contributed by atoms with Crippen LogP contribution in [0.3, 0.4) is 0 Å². The fourth-order valence-electron chi connectivity index (χ4n) is 3.32. The molecule has 2 aliphatic rings. The van der Waals surface area contributed by atoms with Gasteiger partial charge < -0.3 is 18.8 Å². The minimum atomic E-state index is 0.102. The Kier molecular flexibility index (Phi) is 4.29. The summed E-state index contributed by atoms with van der Waals surface area (Å²) in [5, 5.41) is 8.40. The highest BCUT2D eigenvalue weighted by Gasteiger charge is 2.28. The maximum absolute atomic E-state index is 12.1. The second-order valence-corrected chi connectivity index (χ2v) is 6.44. The van der Waals surface area contributed by atoms with Gasteiger partial charge in [0.05, 0.1) is 5.92 Å². The van der Waals surface area contributed by atoms with Crippen LogP contribution in [-0.4, -0.2) is 40.9 Å². The SMILES string of the molecule is CCCC(=O)N1CCCC(c2nnc(-c3ccc4c(c3)OCO4)o2)C1. The van der Waals surface area contributed by atoms with Crippen molar-refractivity contribution >= 4 is 5.91 Å². The zero-order valence-electron chi connectivity index (χ0n) is 14.2. The van der Waals surface area contributed by atoms with Gasteiger partial charge in [0.15, 0.2) is 11.5 Å². The van der Waals surface area contributed by atoms with Crippen LogP contribution in [0.2, 0.25) is 0 Å². The van der Waals surface area contributed by atoms with Gasteiger partial charge in [0.25, 0.3) is 0 Å². The Morgan fingerprint density at radius 2 is 2.16 bits per heavy atom. The number of hydrogen-bond donors (Lipinski definition) is 0. The van der Waals surface area contributed by atoms with Gasteiger partial charge in [0.2, 0.25) is 24.5 Å². The van der Waals surface area contributed by atoms with E-state index >= 15 is 0 Å². The number of aromatic nitrogens is 2. The molecule has 1 aromatic carbocycles. The van der Waals surface area contributed by atoms with Crippen LogP contribution in [0.5, 0.6) is 11.5 Å². The molecule has 0 radical (unpaired) electrons. The number of hydrogen-bond acceptors (Lipinski definition) is 6. The van der Waals surface area contributed by atoms with Crippen LogP contribution in [-0.2, 0) is 4.79 Å². The van der Waals surface area contributed by atoms with E-state index in [1.807, 2.05) is 30.0 Å². The van der Waals surface area contributed by atoms with Gasteiger partial charge in [0, 0.05) is 25.1 Å². The van der Waals surface area contributed by atoms with Crippen LogP contribution in [0.4, 0.5) is 0 Å². The van der Waals surface area contributed by atoms with Gasteiger partial charge >= 0.3 is 0 Å². The molecule has 25 heavy (non-hydrogen) atoms. The summed E-state index contributed by atoms with van der Waals surface area (Å²) < 4.78 is 16.6. The molecule has 2 aliphatic heterocycles. The monoisotopic (exact) mass is 343 g/mol. The van der Waals surface area contributed by atoms with Crippen molar-refractivity contribution in [1.29, 1.82) is 0 Å². The smallest absolute Gasteiger partial charge is 0.247 e. The molecule has 0 spiro atoms. The largest absolute Gasteiger partial charge is 0.454 e. The quantitative estimate of drug-likeness (QED) is 0.849. The van der Waals surface area contributed by atoms with Crippen LogP contribution in [0, 0.1) is 0 Å². The Labute approximate surface area is 145 Å². The predicted octanol–water partition coefficient (Wildman–Crippen LogP) is 2.97. The first-order chi connectivity index (χ1) is 12.2. The number of ether oxygens (including phenoxy) is 2. The van der Waals surface area contributed by atoms with Crippen molar-refractivity contribution in [2.24, 2.45) is 0 Å². The van der Waals surface area contributed by atoms with Crippen LogP contribution < -0.4 is 9.47 Å². The van der Waals surface area contributed by atoms with E-state index < -0.39 is 0 Å². The first-order valence-corrected chi connectivity index (χ1v) is 8.76. The maximum Gasteiger partial charge on any atom is 0.247 e. The van der Waals surface area contributed by atoms with Crippen LogP contribution >= 0.6 is 0 Å². The first-order valence-electron chi connectivity index (χ1n) is 8.76. The number of carbonyl (C=O) groups excluding carboxylic acids is 1. The molecule has 1 amide bonds. The Morgan fingerprint density at radius 3 is 3.04 bits per heavy atom. The molecule has 0 N–H and O–H groups in total. The summed E-state index contributed by atoms with van der Waals surface area (Å²) >= 11 is 0. The highest BCUT2D eigenvalue weighted by molar-refractivity contribution is 5.76. The van der Waals surface area contributed by atoms with Crippen molar-refractivity contribution < 1.29 is 18.7 Å². The lowest BCUT2D eigenvalue weighted by atomic mass is 9.97. The van der Waals surface area contributed by atoms with Gasteiger partial charge in [-0.15, -0.1) is 10.2 Å². The molecule has 132 valence electrons. The van der Waals surface area contributed by atoms with Crippen molar-refractivity contribution in [3.8, 4) is 23.0 Å². The van der Waals surface area contributed by atoms with E-state index in [0.29, 0.717) is 30.5 Å². The minimum Gasteiger partial charge on any atom is -0.454 e. The highest BCUT2D eigenvalue weighted by Crippen LogP contribution is 2.36. The summed E-state index contributed by atoms with van der Waals surface area (Å²) in [6.07, 6.45) is 3.38. The van der Waals surface area contributed by atoms with Gasteiger partial charge in [-0.2, -0.15) is 0 Å². The van der Waals surface area contributed by atoms with Gasteiger partial charge in [-0.3, -0.25) is 4.79 Å². The van der Waals surface area contributed by atoms with Crippen molar-refractivity contribution in [3.63, 3.8) is 0 Å². The lowest BCUT2D eigenvalue weighted by molar-refractivity contribution is -0.132. The number of amides is 1. The molecule has 1 saturated heterocycles. The van der Waals surface area contributed by atoms with E-state index in [4.69, 9.17) is 13.9 Å². The molecule has 1 unspecified atom stereocenters. The van der Waals surface area contributed by atoms with E-state index in [0.717, 1.165) is 37.1 Å². The zero-order chi connectivity index (χ0) is 17.2. The zero-order valence-corrected chi connectivity index (χ0v) is 14.2. The lowest BCUT2D eigenvalue weighted by Gasteiger charge is -2.31. The normalized spacial score (nSPS) is 19.2. The molecule has 1 aromatic heterocycles. The summed E-state index contributed by atoms with van der Waals surface area (Å²) in [6, 6.07) is 5.56. The highest BCUT2D eigenvalue weighted by atomic mass is 16.7. The summed E-state index contributed by atoms with van der Waals surface area (Å²) in [5.41, 5.74) is 0.803. The number of nitrogens with zero attached hydrogens (tertiary/aromatic N) is 3. The van der Waals surface area contributed by atoms with Gasteiger partial charge in [-0.05, 0) is 37.5 Å². The average Bonchev–Trinajstić information content (AvgIpc) is 3.31. The topological polar surface area (TPSA) is 77.7 Å². The van der Waals surface area contributed by atoms with Crippen molar-refractivity contribution in [2.75, 3.05) is 19.9 Å². The van der Waals surface area contributed by atoms with Gasteiger partial charge in [-0.25, -0.2) is 0 Å². The van der Waals surface area contributed by atoms with E-state index in [2.05, 4.69) is 10.2 Å². The summed E-state index contributed by atoms with van der Waals surface area (Å²) in [4.78, 5) is 14.1. The van der Waals surface area contributed by atoms with E-state index in [-0.39, 0.29) is 18.6 Å². The van der Waals surface area contributed by atoms with E-state index in [9.17, 15) is 4.79 Å². The summed E-state index contributed by atoms with van der Waals surface area (Å²) in [7, 11) is 0. The predicted molar refractivity (Wildman–Crippen MR) is 89.3 cm³/mol. The third-order valence-corrected chi connectivity index (χ3v) is 4.65.